The fraction of sp³-hybridized carbons (Fsp3) is 0.520. The second kappa shape index (κ2) is 18.3. The van der Waals surface area contributed by atoms with Crippen molar-refractivity contribution in [3.63, 3.8) is 0 Å². The highest BCUT2D eigenvalue weighted by atomic mass is 32.3. The first-order valence-electron chi connectivity index (χ1n) is 21.1. The van der Waals surface area contributed by atoms with E-state index in [2.05, 4.69) is 191 Å². The lowest BCUT2D eigenvalue weighted by molar-refractivity contribution is 0.0440. The first kappa shape index (κ1) is 48.3. The Kier molecular flexibility index (Phi) is 15.0. The molecule has 2 saturated heterocycles. The van der Waals surface area contributed by atoms with Crippen molar-refractivity contribution in [2.75, 3.05) is 13.1 Å². The summed E-state index contributed by atoms with van der Waals surface area (Å²) in [4.78, 5) is 0. The summed E-state index contributed by atoms with van der Waals surface area (Å²) in [6.07, 6.45) is 4.18. The van der Waals surface area contributed by atoms with Crippen LogP contribution < -0.4 is 10.6 Å². The smallest absolute Gasteiger partial charge is 0.379 e. The molecule has 324 valence electrons. The third-order valence-corrected chi connectivity index (χ3v) is 11.9. The molecule has 0 bridgehead atoms. The Morgan fingerprint density at radius 3 is 0.712 bits per heavy atom. The highest BCUT2D eigenvalue weighted by molar-refractivity contribution is 7.79. The molecule has 8 nitrogen and oxygen atoms in total. The molecule has 9 heteroatoms. The van der Waals surface area contributed by atoms with Gasteiger partial charge in [0, 0.05) is 12.1 Å². The van der Waals surface area contributed by atoms with Gasteiger partial charge in [0.2, 0.25) is 0 Å². The van der Waals surface area contributed by atoms with Crippen LogP contribution in [0.3, 0.4) is 0 Å². The first-order valence-corrected chi connectivity index (χ1v) is 22.5. The molecule has 2 heterocycles. The minimum atomic E-state index is -4.67. The maximum absolute atomic E-state index is 12.0. The first-order chi connectivity index (χ1) is 27.1. The molecule has 0 spiro atoms. The van der Waals surface area contributed by atoms with Gasteiger partial charge in [-0.1, -0.05) is 180 Å². The van der Waals surface area contributed by atoms with Crippen LogP contribution in [0.15, 0.2) is 97.1 Å². The average molecular weight is 829 g/mol. The van der Waals surface area contributed by atoms with Crippen LogP contribution in [0.4, 0.5) is 0 Å². The fourth-order valence-electron chi connectivity index (χ4n) is 8.12. The Hall–Kier alpha value is -3.41. The molecule has 2 aliphatic rings. The Balaban J connectivity index is 0.000000234. The van der Waals surface area contributed by atoms with Crippen LogP contribution in [0.1, 0.15) is 153 Å². The van der Waals surface area contributed by atoms with Gasteiger partial charge in [0.15, 0.2) is 0 Å². The summed E-state index contributed by atoms with van der Waals surface area (Å²) in [7, 11) is -4.67. The molecule has 4 aromatic rings. The van der Waals surface area contributed by atoms with Crippen molar-refractivity contribution in [1.29, 1.82) is 0 Å². The third kappa shape index (κ3) is 12.3. The predicted octanol–water partition coefficient (Wildman–Crippen LogP) is 9.89. The molecule has 0 radical (unpaired) electrons. The number of rotatable bonds is 6. The second-order valence-electron chi connectivity index (χ2n) is 20.6. The minimum Gasteiger partial charge on any atom is -0.379 e. The molecule has 6 rings (SSSR count). The quantitative estimate of drug-likeness (QED) is 0.106. The lowest BCUT2D eigenvalue weighted by Crippen LogP contribution is -2.46. The molecule has 2 atom stereocenters. The van der Waals surface area contributed by atoms with Gasteiger partial charge < -0.3 is 20.8 Å². The van der Waals surface area contributed by atoms with Crippen LogP contribution in [-0.2, 0) is 43.3 Å². The maximum atomic E-state index is 12.0. The summed E-state index contributed by atoms with van der Waals surface area (Å²) < 4.78 is 31.6. The van der Waals surface area contributed by atoms with Gasteiger partial charge in [0.05, 0.1) is 0 Å². The zero-order valence-corrected chi connectivity index (χ0v) is 38.5. The van der Waals surface area contributed by atoms with Crippen molar-refractivity contribution in [3.8, 4) is 0 Å². The molecule has 2 fully saturated rings. The standard InChI is InChI=1S/2C25H35NO.H2O4S/c2*1-23(2,3)18-9-13-20(14-10-18)25(27,22-8-7-17-26-22)21-15-11-19(12-16-21)24(4,5)6;1-5(2,3)4/h2*9-16,22,26-27H,7-8,17H2,1-6H3;(H2,1,2,3,4)/t2*22-;/m00./s1. The Morgan fingerprint density at radius 1 is 0.407 bits per heavy atom. The van der Waals surface area contributed by atoms with Crippen LogP contribution in [-0.4, -0.2) is 52.9 Å². The topological polar surface area (TPSA) is 139 Å². The summed E-state index contributed by atoms with van der Waals surface area (Å²) in [5, 5.41) is 31.0. The van der Waals surface area contributed by atoms with E-state index < -0.39 is 21.6 Å². The van der Waals surface area contributed by atoms with Gasteiger partial charge in [-0.2, -0.15) is 8.42 Å². The van der Waals surface area contributed by atoms with Gasteiger partial charge >= 0.3 is 10.4 Å². The van der Waals surface area contributed by atoms with Crippen LogP contribution in [0.25, 0.3) is 0 Å². The normalized spacial score (nSPS) is 18.1. The van der Waals surface area contributed by atoms with Gasteiger partial charge in [-0.05, 0) is 105 Å². The molecule has 0 aromatic heterocycles. The van der Waals surface area contributed by atoms with E-state index in [4.69, 9.17) is 17.5 Å². The lowest BCUT2D eigenvalue weighted by atomic mass is 9.77. The summed E-state index contributed by atoms with van der Waals surface area (Å²) in [5.74, 6) is 0. The molecule has 6 N–H and O–H groups in total. The summed E-state index contributed by atoms with van der Waals surface area (Å²) in [6.45, 7) is 28.6. The van der Waals surface area contributed by atoms with Crippen LogP contribution in [0, 0.1) is 0 Å². The van der Waals surface area contributed by atoms with Crippen molar-refractivity contribution in [3.05, 3.63) is 142 Å². The molecule has 59 heavy (non-hydrogen) atoms. The van der Waals surface area contributed by atoms with Crippen molar-refractivity contribution >= 4 is 10.4 Å². The average Bonchev–Trinajstić information content (AvgIpc) is 3.89. The molecular weight excluding hydrogens is 757 g/mol. The van der Waals surface area contributed by atoms with Gasteiger partial charge in [-0.25, -0.2) is 0 Å². The monoisotopic (exact) mass is 829 g/mol. The van der Waals surface area contributed by atoms with Crippen molar-refractivity contribution < 1.29 is 27.7 Å². The van der Waals surface area contributed by atoms with E-state index in [1.54, 1.807) is 0 Å². The second-order valence-corrected chi connectivity index (χ2v) is 21.5. The van der Waals surface area contributed by atoms with Gasteiger partial charge in [-0.3, -0.25) is 9.11 Å². The fourth-order valence-corrected chi connectivity index (χ4v) is 8.12. The summed E-state index contributed by atoms with van der Waals surface area (Å²) in [6, 6.07) is 34.3. The molecule has 0 saturated carbocycles. The molecule has 4 aromatic carbocycles. The number of aliphatic hydroxyl groups is 2. The zero-order valence-electron chi connectivity index (χ0n) is 37.6. The van der Waals surface area contributed by atoms with E-state index in [0.717, 1.165) is 61.0 Å². The van der Waals surface area contributed by atoms with Crippen LogP contribution >= 0.6 is 0 Å². The summed E-state index contributed by atoms with van der Waals surface area (Å²) >= 11 is 0. The highest BCUT2D eigenvalue weighted by Crippen LogP contribution is 2.40. The van der Waals surface area contributed by atoms with Crippen molar-refractivity contribution in [2.24, 2.45) is 0 Å². The number of hydrogen-bond donors (Lipinski definition) is 6. The van der Waals surface area contributed by atoms with E-state index in [1.807, 2.05) is 0 Å². The zero-order chi connectivity index (χ0) is 44.2. The number of nitrogens with one attached hydrogen (secondary N) is 2. The Bertz CT molecular complexity index is 1780. The van der Waals surface area contributed by atoms with Crippen molar-refractivity contribution in [2.45, 2.75) is 154 Å². The summed E-state index contributed by atoms with van der Waals surface area (Å²) in [5.41, 5.74) is 7.44. The highest BCUT2D eigenvalue weighted by Gasteiger charge is 2.43. The van der Waals surface area contributed by atoms with E-state index in [9.17, 15) is 10.2 Å². The largest absolute Gasteiger partial charge is 0.394 e. The van der Waals surface area contributed by atoms with Gasteiger partial charge in [-0.15, -0.1) is 0 Å². The minimum absolute atomic E-state index is 0.0403. The van der Waals surface area contributed by atoms with Crippen molar-refractivity contribution in [1.82, 2.24) is 10.6 Å². The molecule has 2 aliphatic heterocycles. The van der Waals surface area contributed by atoms with E-state index in [-0.39, 0.29) is 33.7 Å². The van der Waals surface area contributed by atoms with Gasteiger partial charge in [0.1, 0.15) is 11.2 Å². The molecule has 0 amide bonds. The van der Waals surface area contributed by atoms with E-state index in [0.29, 0.717) is 0 Å². The Labute approximate surface area is 355 Å². The lowest BCUT2D eigenvalue weighted by Gasteiger charge is -2.36. The van der Waals surface area contributed by atoms with Gasteiger partial charge in [0.25, 0.3) is 0 Å². The third-order valence-electron chi connectivity index (χ3n) is 11.9. The predicted molar refractivity (Wildman–Crippen MR) is 243 cm³/mol. The van der Waals surface area contributed by atoms with Crippen LogP contribution in [0.5, 0.6) is 0 Å². The van der Waals surface area contributed by atoms with E-state index in [1.165, 1.54) is 22.3 Å². The van der Waals surface area contributed by atoms with E-state index >= 15 is 0 Å². The maximum Gasteiger partial charge on any atom is 0.394 e. The number of hydrogen-bond acceptors (Lipinski definition) is 6. The molecular formula is C50H72N2O6S. The number of benzene rings is 4. The van der Waals surface area contributed by atoms with Crippen LogP contribution in [0.2, 0.25) is 0 Å². The SMILES string of the molecule is CC(C)(C)c1ccc(C(O)(c2ccc(C(C)(C)C)cc2)[C@@H]2CCCN2)cc1.CC(C)(C)c1ccc(C(O)(c2ccc(C(C)(C)C)cc2)[C@@H]2CCCN2)cc1.O=S(=O)(O)O. The molecule has 0 aliphatic carbocycles. The Morgan fingerprint density at radius 2 is 0.576 bits per heavy atom. The molecule has 0 unspecified atom stereocenters.